The Morgan fingerprint density at radius 3 is 2.44 bits per heavy atom. The van der Waals surface area contributed by atoms with E-state index in [1.54, 1.807) is 6.08 Å². The topological polar surface area (TPSA) is 61.8 Å². The summed E-state index contributed by atoms with van der Waals surface area (Å²) < 4.78 is 17.6. The summed E-state index contributed by atoms with van der Waals surface area (Å²) >= 11 is 0. The lowest BCUT2D eigenvalue weighted by atomic mass is 9.72. The number of methoxy groups -OCH3 is 1. The van der Waals surface area contributed by atoms with E-state index in [2.05, 4.69) is 27.0 Å². The molecule has 3 aliphatic rings. The third-order valence-electron chi connectivity index (χ3n) is 6.67. The maximum atomic E-state index is 13.4. The number of allylic oxidation sites excluding steroid dienone is 2. The highest BCUT2D eigenvalue weighted by Crippen LogP contribution is 2.62. The minimum atomic E-state index is -1.17. The van der Waals surface area contributed by atoms with E-state index in [4.69, 9.17) is 14.2 Å². The fourth-order valence-electron chi connectivity index (χ4n) is 5.35. The van der Waals surface area contributed by atoms with Crippen LogP contribution in [0.5, 0.6) is 0 Å². The summed E-state index contributed by atoms with van der Waals surface area (Å²) in [5.74, 6) is -1.44. The third kappa shape index (κ3) is 3.19. The quantitative estimate of drug-likeness (QED) is 0.402. The fourth-order valence-corrected chi connectivity index (χ4v) is 5.35. The van der Waals surface area contributed by atoms with Crippen molar-refractivity contribution in [1.82, 2.24) is 0 Å². The predicted molar refractivity (Wildman–Crippen MR) is 102 cm³/mol. The summed E-state index contributed by atoms with van der Waals surface area (Å²) in [6.45, 7) is 13.1. The van der Waals surface area contributed by atoms with Crippen molar-refractivity contribution in [3.63, 3.8) is 0 Å². The minimum Gasteiger partial charge on any atom is -0.468 e. The summed E-state index contributed by atoms with van der Waals surface area (Å²) in [6.07, 6.45) is 6.43. The van der Waals surface area contributed by atoms with Crippen LogP contribution in [-0.2, 0) is 23.8 Å². The maximum absolute atomic E-state index is 13.4. The van der Waals surface area contributed by atoms with Crippen LogP contribution in [0, 0.1) is 28.6 Å². The number of rotatable bonds is 6. The van der Waals surface area contributed by atoms with Gasteiger partial charge < -0.3 is 14.2 Å². The smallest absolute Gasteiger partial charge is 0.319 e. The molecular weight excluding hydrogens is 344 g/mol. The molecule has 5 nitrogen and oxygen atoms in total. The van der Waals surface area contributed by atoms with Crippen LogP contribution in [0.3, 0.4) is 0 Å². The number of hydrogen-bond acceptors (Lipinski definition) is 5. The molecule has 1 heterocycles. The Hall–Kier alpha value is -1.46. The molecule has 1 aliphatic heterocycles. The second-order valence-corrected chi connectivity index (χ2v) is 9.12. The Balaban J connectivity index is 1.96. The summed E-state index contributed by atoms with van der Waals surface area (Å²) in [6, 6.07) is 0. The van der Waals surface area contributed by atoms with Gasteiger partial charge in [0.05, 0.1) is 20.3 Å². The van der Waals surface area contributed by atoms with Gasteiger partial charge in [0.1, 0.15) is 5.41 Å². The van der Waals surface area contributed by atoms with Gasteiger partial charge in [0.15, 0.2) is 11.6 Å². The van der Waals surface area contributed by atoms with Gasteiger partial charge in [0, 0.05) is 24.2 Å². The number of carbonyl (C=O) groups is 2. The van der Waals surface area contributed by atoms with Crippen LogP contribution in [0.4, 0.5) is 0 Å². The summed E-state index contributed by atoms with van der Waals surface area (Å²) in [4.78, 5) is 26.3. The van der Waals surface area contributed by atoms with Crippen molar-refractivity contribution < 1.29 is 23.8 Å². The molecule has 3 rings (SSSR count). The molecule has 4 atom stereocenters. The molecule has 0 aromatic rings. The molecule has 0 aromatic heterocycles. The second kappa shape index (κ2) is 7.17. The van der Waals surface area contributed by atoms with E-state index < -0.39 is 17.2 Å². The van der Waals surface area contributed by atoms with E-state index in [0.29, 0.717) is 38.9 Å². The van der Waals surface area contributed by atoms with Crippen LogP contribution >= 0.6 is 0 Å². The molecule has 1 spiro atoms. The average Bonchev–Trinajstić information content (AvgIpc) is 3.10. The Bertz CT molecular complexity index is 627. The van der Waals surface area contributed by atoms with Crippen molar-refractivity contribution in [1.29, 1.82) is 0 Å². The molecule has 150 valence electrons. The summed E-state index contributed by atoms with van der Waals surface area (Å²) in [5.41, 5.74) is -1.20. The molecule has 0 amide bonds. The van der Waals surface area contributed by atoms with Gasteiger partial charge in [-0.3, -0.25) is 9.59 Å². The average molecular weight is 376 g/mol. The first-order valence-electron chi connectivity index (χ1n) is 9.88. The van der Waals surface area contributed by atoms with E-state index in [0.717, 1.165) is 6.42 Å². The van der Waals surface area contributed by atoms with Crippen molar-refractivity contribution in [2.45, 2.75) is 51.7 Å². The maximum Gasteiger partial charge on any atom is 0.319 e. The van der Waals surface area contributed by atoms with Crippen LogP contribution < -0.4 is 0 Å². The number of carbonyl (C=O) groups excluding carboxylic acids is 2. The normalized spacial score (nSPS) is 36.4. The monoisotopic (exact) mass is 376 g/mol. The zero-order chi connectivity index (χ0) is 19.9. The summed E-state index contributed by atoms with van der Waals surface area (Å²) in [5, 5.41) is 0. The van der Waals surface area contributed by atoms with Gasteiger partial charge in [-0.25, -0.2) is 0 Å². The molecule has 5 heteroatoms. The number of Topliss-reactive ketones (excluding diaryl/α,β-unsaturated/α-hetero) is 1. The standard InChI is InChI=1S/C22H32O5/c1-6-8-9-15-16-11-21(26-13-20(3,4)14-27-21)12-17(16)22(10-7-2,18(15)23)19(24)25-5/h6-7,15-17H,1-2,8-14H2,3-5H3/t15-,16-,17-,22-/m0/s1. The molecule has 0 N–H and O–H groups in total. The largest absolute Gasteiger partial charge is 0.468 e. The lowest BCUT2D eigenvalue weighted by Gasteiger charge is -2.43. The predicted octanol–water partition coefficient (Wildman–Crippen LogP) is 3.68. The van der Waals surface area contributed by atoms with Gasteiger partial charge in [-0.15, -0.1) is 13.2 Å². The molecule has 2 aliphatic carbocycles. The third-order valence-corrected chi connectivity index (χ3v) is 6.67. The SMILES string of the molecule is C=CCC[C@@H]1C(=O)[C@@](CC=C)(C(=O)OC)[C@H]2CC3(C[C@@H]12)OCC(C)(C)CO3. The Labute approximate surface area is 162 Å². The van der Waals surface area contributed by atoms with E-state index in [-0.39, 0.29) is 29.0 Å². The van der Waals surface area contributed by atoms with Crippen LogP contribution in [0.1, 0.15) is 46.0 Å². The van der Waals surface area contributed by atoms with Gasteiger partial charge in [-0.2, -0.15) is 0 Å². The lowest BCUT2D eigenvalue weighted by molar-refractivity contribution is -0.298. The number of ketones is 1. The molecule has 0 bridgehead atoms. The molecule has 27 heavy (non-hydrogen) atoms. The van der Waals surface area contributed by atoms with Gasteiger partial charge >= 0.3 is 5.97 Å². The molecular formula is C22H32O5. The van der Waals surface area contributed by atoms with Crippen LogP contribution in [0.2, 0.25) is 0 Å². The molecule has 2 saturated carbocycles. The summed E-state index contributed by atoms with van der Waals surface area (Å²) in [7, 11) is 1.35. The van der Waals surface area contributed by atoms with Gasteiger partial charge in [0.25, 0.3) is 0 Å². The van der Waals surface area contributed by atoms with Crippen LogP contribution in [0.15, 0.2) is 25.3 Å². The molecule has 0 unspecified atom stereocenters. The molecule has 0 radical (unpaired) electrons. The first-order valence-corrected chi connectivity index (χ1v) is 9.88. The highest BCUT2D eigenvalue weighted by molar-refractivity contribution is 6.07. The van der Waals surface area contributed by atoms with Gasteiger partial charge in [-0.1, -0.05) is 26.0 Å². The van der Waals surface area contributed by atoms with E-state index in [9.17, 15) is 9.59 Å². The van der Waals surface area contributed by atoms with Crippen molar-refractivity contribution in [3.8, 4) is 0 Å². The van der Waals surface area contributed by atoms with E-state index in [1.807, 2.05) is 6.08 Å². The zero-order valence-electron chi connectivity index (χ0n) is 16.8. The highest BCUT2D eigenvalue weighted by atomic mass is 16.7. The number of hydrogen-bond donors (Lipinski definition) is 0. The Morgan fingerprint density at radius 2 is 1.89 bits per heavy atom. The zero-order valence-corrected chi connectivity index (χ0v) is 16.8. The van der Waals surface area contributed by atoms with Crippen LogP contribution in [-0.4, -0.2) is 37.9 Å². The fraction of sp³-hybridized carbons (Fsp3) is 0.727. The Kier molecular flexibility index (Phi) is 5.39. The van der Waals surface area contributed by atoms with Crippen molar-refractivity contribution in [3.05, 3.63) is 25.3 Å². The van der Waals surface area contributed by atoms with Crippen molar-refractivity contribution >= 4 is 11.8 Å². The number of esters is 1. The minimum absolute atomic E-state index is 0.00270. The van der Waals surface area contributed by atoms with Gasteiger partial charge in [0.2, 0.25) is 0 Å². The van der Waals surface area contributed by atoms with Crippen molar-refractivity contribution in [2.24, 2.45) is 28.6 Å². The van der Waals surface area contributed by atoms with Gasteiger partial charge in [-0.05, 0) is 31.1 Å². The number of fused-ring (bicyclic) bond motifs is 1. The number of ether oxygens (including phenoxy) is 3. The lowest BCUT2D eigenvalue weighted by Crippen LogP contribution is -2.49. The molecule has 0 aromatic carbocycles. The first-order chi connectivity index (χ1) is 12.7. The Morgan fingerprint density at radius 1 is 1.22 bits per heavy atom. The molecule has 1 saturated heterocycles. The van der Waals surface area contributed by atoms with Crippen LogP contribution in [0.25, 0.3) is 0 Å². The van der Waals surface area contributed by atoms with Crippen molar-refractivity contribution in [2.75, 3.05) is 20.3 Å². The van der Waals surface area contributed by atoms with E-state index in [1.165, 1.54) is 7.11 Å². The van der Waals surface area contributed by atoms with E-state index >= 15 is 0 Å². The first kappa shape index (κ1) is 20.3. The highest BCUT2D eigenvalue weighted by Gasteiger charge is 2.69. The second-order valence-electron chi connectivity index (χ2n) is 9.12. The molecule has 3 fully saturated rings.